The highest BCUT2D eigenvalue weighted by atomic mass is 16.2. The van der Waals surface area contributed by atoms with Crippen LogP contribution in [0.1, 0.15) is 34.9 Å². The summed E-state index contributed by atoms with van der Waals surface area (Å²) in [6.45, 7) is 1.26. The Kier molecular flexibility index (Phi) is 4.90. The number of benzene rings is 3. The Bertz CT molecular complexity index is 1300. The molecule has 0 bridgehead atoms. The Morgan fingerprint density at radius 1 is 0.968 bits per heavy atom. The molecule has 31 heavy (non-hydrogen) atoms. The minimum Gasteiger partial charge on any atom is -0.338 e. The number of carbonyl (C=O) groups is 1. The largest absolute Gasteiger partial charge is 0.350 e. The third-order valence-electron chi connectivity index (χ3n) is 6.06. The molecule has 3 aromatic carbocycles. The lowest BCUT2D eigenvalue weighted by Crippen LogP contribution is -2.40. The van der Waals surface area contributed by atoms with Crippen molar-refractivity contribution in [1.82, 2.24) is 19.2 Å². The van der Waals surface area contributed by atoms with Gasteiger partial charge in [-0.3, -0.25) is 4.79 Å². The van der Waals surface area contributed by atoms with Crippen molar-refractivity contribution in [3.63, 3.8) is 0 Å². The number of hydrogen-bond acceptors (Lipinski definition) is 3. The standard InChI is InChI=1S/C25H24N4O2/c1-27-25(31)29(20-12-3-2-4-13-20)23(26-27)19-11-8-16-28(17-19)24(30)22-15-7-10-18-9-5-6-14-21(18)22/h2-7,9-10,12-15,19H,8,11,16-17H2,1H3. The fraction of sp³-hybridized carbons (Fsp3) is 0.240. The zero-order chi connectivity index (χ0) is 21.4. The molecule has 0 N–H and O–H groups in total. The molecule has 1 amide bonds. The summed E-state index contributed by atoms with van der Waals surface area (Å²) in [6.07, 6.45) is 1.77. The lowest BCUT2D eigenvalue weighted by molar-refractivity contribution is 0.0706. The molecular weight excluding hydrogens is 388 g/mol. The first-order valence-electron chi connectivity index (χ1n) is 10.6. The van der Waals surface area contributed by atoms with E-state index < -0.39 is 0 Å². The molecule has 5 rings (SSSR count). The zero-order valence-electron chi connectivity index (χ0n) is 17.4. The van der Waals surface area contributed by atoms with Crippen molar-refractivity contribution in [2.75, 3.05) is 13.1 Å². The average Bonchev–Trinajstić information content (AvgIpc) is 3.13. The van der Waals surface area contributed by atoms with Gasteiger partial charge in [-0.2, -0.15) is 5.10 Å². The van der Waals surface area contributed by atoms with Gasteiger partial charge in [0.2, 0.25) is 0 Å². The van der Waals surface area contributed by atoms with Crippen LogP contribution in [0, 0.1) is 0 Å². The van der Waals surface area contributed by atoms with Crippen LogP contribution in [0.5, 0.6) is 0 Å². The van der Waals surface area contributed by atoms with Crippen LogP contribution in [0.4, 0.5) is 0 Å². The predicted molar refractivity (Wildman–Crippen MR) is 121 cm³/mol. The van der Waals surface area contributed by atoms with Gasteiger partial charge in [-0.1, -0.05) is 54.6 Å². The van der Waals surface area contributed by atoms with Crippen LogP contribution in [0.15, 0.2) is 77.6 Å². The SMILES string of the molecule is Cn1nc(C2CCCN(C(=O)c3cccc4ccccc34)C2)n(-c2ccccc2)c1=O. The maximum absolute atomic E-state index is 13.4. The van der Waals surface area contributed by atoms with Crippen molar-refractivity contribution in [2.24, 2.45) is 7.05 Å². The van der Waals surface area contributed by atoms with Crippen LogP contribution in [0.2, 0.25) is 0 Å². The van der Waals surface area contributed by atoms with Crippen molar-refractivity contribution >= 4 is 16.7 Å². The number of likely N-dealkylation sites (tertiary alicyclic amines) is 1. The normalized spacial score (nSPS) is 16.5. The number of rotatable bonds is 3. The number of amides is 1. The first-order chi connectivity index (χ1) is 15.1. The average molecular weight is 412 g/mol. The van der Waals surface area contributed by atoms with Crippen molar-refractivity contribution in [2.45, 2.75) is 18.8 Å². The first-order valence-corrected chi connectivity index (χ1v) is 10.6. The molecule has 2 heterocycles. The monoisotopic (exact) mass is 412 g/mol. The molecule has 1 aliphatic heterocycles. The van der Waals surface area contributed by atoms with E-state index in [9.17, 15) is 9.59 Å². The molecule has 1 saturated heterocycles. The first kappa shape index (κ1) is 19.3. The maximum atomic E-state index is 13.4. The molecular formula is C25H24N4O2. The van der Waals surface area contributed by atoms with Crippen LogP contribution >= 0.6 is 0 Å². The number of aryl methyl sites for hydroxylation is 1. The van der Waals surface area contributed by atoms with E-state index in [4.69, 9.17) is 0 Å². The topological polar surface area (TPSA) is 60.1 Å². The summed E-state index contributed by atoms with van der Waals surface area (Å²) < 4.78 is 3.06. The number of hydrogen-bond donors (Lipinski definition) is 0. The predicted octanol–water partition coefficient (Wildman–Crippen LogP) is 3.74. The van der Waals surface area contributed by atoms with Gasteiger partial charge in [-0.05, 0) is 41.8 Å². The molecule has 0 spiro atoms. The van der Waals surface area contributed by atoms with E-state index in [1.54, 1.807) is 11.6 Å². The summed E-state index contributed by atoms with van der Waals surface area (Å²) in [4.78, 5) is 28.2. The molecule has 1 aliphatic rings. The third-order valence-corrected chi connectivity index (χ3v) is 6.06. The van der Waals surface area contributed by atoms with Crippen molar-refractivity contribution in [3.8, 4) is 5.69 Å². The summed E-state index contributed by atoms with van der Waals surface area (Å²) in [7, 11) is 1.67. The number of carbonyl (C=O) groups excluding carboxylic acids is 1. The molecule has 6 heteroatoms. The number of nitrogens with zero attached hydrogens (tertiary/aromatic N) is 4. The van der Waals surface area contributed by atoms with E-state index in [1.165, 1.54) is 4.68 Å². The van der Waals surface area contributed by atoms with Gasteiger partial charge in [-0.25, -0.2) is 14.0 Å². The second-order valence-electron chi connectivity index (χ2n) is 8.05. The molecule has 156 valence electrons. The fourth-order valence-corrected chi connectivity index (χ4v) is 4.52. The highest BCUT2D eigenvalue weighted by Crippen LogP contribution is 2.29. The van der Waals surface area contributed by atoms with Gasteiger partial charge in [0.15, 0.2) is 0 Å². The summed E-state index contributed by atoms with van der Waals surface area (Å²) in [6, 6.07) is 23.4. The number of para-hydroxylation sites is 1. The quantitative estimate of drug-likeness (QED) is 0.515. The van der Waals surface area contributed by atoms with Gasteiger partial charge in [0.1, 0.15) is 5.82 Å². The Morgan fingerprint density at radius 2 is 1.71 bits per heavy atom. The fourth-order valence-electron chi connectivity index (χ4n) is 4.52. The van der Waals surface area contributed by atoms with Crippen molar-refractivity contribution < 1.29 is 4.79 Å². The van der Waals surface area contributed by atoms with Crippen LogP contribution in [0.25, 0.3) is 16.5 Å². The minimum atomic E-state index is -0.168. The van der Waals surface area contributed by atoms with Crippen molar-refractivity contribution in [1.29, 1.82) is 0 Å². The summed E-state index contributed by atoms with van der Waals surface area (Å²) in [5, 5.41) is 6.58. The number of piperidine rings is 1. The Morgan fingerprint density at radius 3 is 2.55 bits per heavy atom. The smallest absolute Gasteiger partial charge is 0.338 e. The van der Waals surface area contributed by atoms with E-state index in [1.807, 2.05) is 77.7 Å². The molecule has 0 aliphatic carbocycles. The second kappa shape index (κ2) is 7.87. The van der Waals surface area contributed by atoms with E-state index >= 15 is 0 Å². The van der Waals surface area contributed by atoms with E-state index in [2.05, 4.69) is 5.10 Å². The maximum Gasteiger partial charge on any atom is 0.350 e. The Balaban J connectivity index is 1.49. The van der Waals surface area contributed by atoms with Crippen LogP contribution in [0.3, 0.4) is 0 Å². The highest BCUT2D eigenvalue weighted by Gasteiger charge is 2.30. The van der Waals surface area contributed by atoms with Crippen LogP contribution in [-0.4, -0.2) is 38.2 Å². The molecule has 0 saturated carbocycles. The Labute approximate surface area is 180 Å². The molecule has 0 radical (unpaired) electrons. The highest BCUT2D eigenvalue weighted by molar-refractivity contribution is 6.07. The molecule has 1 fully saturated rings. The van der Waals surface area contributed by atoms with Gasteiger partial charge in [0.05, 0.1) is 5.69 Å². The summed E-state index contributed by atoms with van der Waals surface area (Å²) >= 11 is 0. The van der Waals surface area contributed by atoms with Gasteiger partial charge in [0.25, 0.3) is 5.91 Å². The van der Waals surface area contributed by atoms with E-state index in [-0.39, 0.29) is 17.5 Å². The van der Waals surface area contributed by atoms with Crippen LogP contribution < -0.4 is 5.69 Å². The third kappa shape index (κ3) is 3.44. The van der Waals surface area contributed by atoms with Crippen molar-refractivity contribution in [3.05, 3.63) is 94.7 Å². The summed E-state index contributed by atoms with van der Waals surface area (Å²) in [5.74, 6) is 0.752. The van der Waals surface area contributed by atoms with Gasteiger partial charge in [-0.15, -0.1) is 0 Å². The van der Waals surface area contributed by atoms with E-state index in [0.717, 1.165) is 34.9 Å². The van der Waals surface area contributed by atoms with E-state index in [0.29, 0.717) is 18.9 Å². The Hall–Kier alpha value is -3.67. The summed E-state index contributed by atoms with van der Waals surface area (Å²) in [5.41, 5.74) is 1.35. The number of fused-ring (bicyclic) bond motifs is 1. The molecule has 1 aromatic heterocycles. The lowest BCUT2D eigenvalue weighted by atomic mass is 9.95. The van der Waals surface area contributed by atoms with Gasteiger partial charge < -0.3 is 4.90 Å². The molecule has 1 atom stereocenters. The lowest BCUT2D eigenvalue weighted by Gasteiger charge is -2.32. The zero-order valence-corrected chi connectivity index (χ0v) is 17.4. The van der Waals surface area contributed by atoms with Gasteiger partial charge in [0, 0.05) is 31.6 Å². The minimum absolute atomic E-state index is 0.00165. The molecule has 4 aromatic rings. The number of aromatic nitrogens is 3. The second-order valence-corrected chi connectivity index (χ2v) is 8.05. The molecule has 6 nitrogen and oxygen atoms in total. The van der Waals surface area contributed by atoms with Crippen LogP contribution in [-0.2, 0) is 7.05 Å². The molecule has 1 unspecified atom stereocenters. The van der Waals surface area contributed by atoms with Gasteiger partial charge >= 0.3 is 5.69 Å².